The van der Waals surface area contributed by atoms with Gasteiger partial charge in [0.1, 0.15) is 5.75 Å². The molecule has 2 rings (SSSR count). The molecule has 0 aliphatic heterocycles. The van der Waals surface area contributed by atoms with E-state index in [0.29, 0.717) is 19.0 Å². The Balaban J connectivity index is 1.93. The molecule has 2 aromatic carbocycles. The summed E-state index contributed by atoms with van der Waals surface area (Å²) in [4.78, 5) is 14.8. The molecule has 0 spiro atoms. The fraction of sp³-hybridized carbons (Fsp3) is 0.381. The summed E-state index contributed by atoms with van der Waals surface area (Å²) in [5.74, 6) is 1.33. The average Bonchev–Trinajstić information content (AvgIpc) is 2.70. The van der Waals surface area contributed by atoms with Gasteiger partial charge >= 0.3 is 0 Å². The second-order valence-corrected chi connectivity index (χ2v) is 6.75. The van der Waals surface area contributed by atoms with Gasteiger partial charge in [-0.15, -0.1) is 0 Å². The lowest BCUT2D eigenvalue weighted by molar-refractivity contribution is -0.384. The number of benzene rings is 2. The molecule has 0 saturated carbocycles. The highest BCUT2D eigenvalue weighted by atomic mass is 16.6. The summed E-state index contributed by atoms with van der Waals surface area (Å²) in [5.41, 5.74) is 1.68. The lowest BCUT2D eigenvalue weighted by Gasteiger charge is -2.16. The highest BCUT2D eigenvalue weighted by molar-refractivity contribution is 5.79. The largest absolute Gasteiger partial charge is 0.491 e. The highest BCUT2D eigenvalue weighted by Crippen LogP contribution is 2.18. The zero-order chi connectivity index (χ0) is 21.2. The third-order valence-corrected chi connectivity index (χ3v) is 4.01. The SMILES string of the molecule is CCNC(=NCc1ccc([N+](=O)[O-])cc1)NCC(O)c1ccc(OC(C)C)cc1. The predicted molar refractivity (Wildman–Crippen MR) is 113 cm³/mol. The minimum absolute atomic E-state index is 0.0516. The summed E-state index contributed by atoms with van der Waals surface area (Å²) < 4.78 is 5.61. The Morgan fingerprint density at radius 2 is 1.79 bits per heavy atom. The van der Waals surface area contributed by atoms with Crippen molar-refractivity contribution in [2.45, 2.75) is 39.5 Å². The number of aliphatic hydroxyl groups excluding tert-OH is 1. The van der Waals surface area contributed by atoms with E-state index in [0.717, 1.165) is 16.9 Å². The number of aliphatic hydroxyl groups is 1. The van der Waals surface area contributed by atoms with Crippen LogP contribution in [-0.2, 0) is 6.54 Å². The van der Waals surface area contributed by atoms with Crippen LogP contribution in [0.2, 0.25) is 0 Å². The van der Waals surface area contributed by atoms with E-state index in [4.69, 9.17) is 4.74 Å². The maximum atomic E-state index is 10.7. The van der Waals surface area contributed by atoms with E-state index >= 15 is 0 Å². The molecule has 0 saturated heterocycles. The fourth-order valence-electron chi connectivity index (χ4n) is 2.59. The van der Waals surface area contributed by atoms with E-state index in [1.165, 1.54) is 12.1 Å². The first-order chi connectivity index (χ1) is 13.9. The molecule has 0 radical (unpaired) electrons. The molecule has 0 amide bonds. The number of rotatable bonds is 9. The first kappa shape index (κ1) is 22.2. The zero-order valence-electron chi connectivity index (χ0n) is 17.0. The molecule has 0 heterocycles. The van der Waals surface area contributed by atoms with Crippen LogP contribution < -0.4 is 15.4 Å². The van der Waals surface area contributed by atoms with Crippen molar-refractivity contribution >= 4 is 11.6 Å². The molecule has 0 aliphatic rings. The summed E-state index contributed by atoms with van der Waals surface area (Å²) >= 11 is 0. The number of hydrogen-bond acceptors (Lipinski definition) is 5. The minimum Gasteiger partial charge on any atom is -0.491 e. The first-order valence-electron chi connectivity index (χ1n) is 9.59. The van der Waals surface area contributed by atoms with Crippen molar-refractivity contribution in [3.8, 4) is 5.75 Å². The van der Waals surface area contributed by atoms with Crippen LogP contribution in [0.15, 0.2) is 53.5 Å². The van der Waals surface area contributed by atoms with Crippen LogP contribution in [0.3, 0.4) is 0 Å². The van der Waals surface area contributed by atoms with Gasteiger partial charge in [0, 0.05) is 25.2 Å². The topological polar surface area (TPSA) is 109 Å². The van der Waals surface area contributed by atoms with Crippen molar-refractivity contribution in [1.82, 2.24) is 10.6 Å². The van der Waals surface area contributed by atoms with Crippen molar-refractivity contribution in [1.29, 1.82) is 0 Å². The zero-order valence-corrected chi connectivity index (χ0v) is 17.0. The maximum absolute atomic E-state index is 10.7. The van der Waals surface area contributed by atoms with Crippen LogP contribution in [0.5, 0.6) is 5.75 Å². The maximum Gasteiger partial charge on any atom is 0.269 e. The Morgan fingerprint density at radius 1 is 1.14 bits per heavy atom. The van der Waals surface area contributed by atoms with Crippen molar-refractivity contribution in [3.63, 3.8) is 0 Å². The molecule has 8 nitrogen and oxygen atoms in total. The summed E-state index contributed by atoms with van der Waals surface area (Å²) in [6, 6.07) is 13.6. The molecule has 1 unspecified atom stereocenters. The quantitative estimate of drug-likeness (QED) is 0.258. The number of ether oxygens (including phenoxy) is 1. The third kappa shape index (κ3) is 7.42. The van der Waals surface area contributed by atoms with Crippen LogP contribution in [0.1, 0.15) is 38.0 Å². The molecule has 29 heavy (non-hydrogen) atoms. The molecule has 0 bridgehead atoms. The van der Waals surface area contributed by atoms with E-state index in [9.17, 15) is 15.2 Å². The molecule has 0 fully saturated rings. The molecule has 3 N–H and O–H groups in total. The van der Waals surface area contributed by atoms with Gasteiger partial charge in [0.2, 0.25) is 0 Å². The minimum atomic E-state index is -0.702. The Kier molecular flexibility index (Phi) is 8.42. The van der Waals surface area contributed by atoms with Crippen molar-refractivity contribution in [3.05, 3.63) is 69.8 Å². The Labute approximate surface area is 170 Å². The lowest BCUT2D eigenvalue weighted by atomic mass is 10.1. The Hall–Kier alpha value is -3.13. The fourth-order valence-corrected chi connectivity index (χ4v) is 2.59. The standard InChI is InChI=1S/C21H28N4O4/c1-4-22-21(23-13-16-5-9-18(10-6-16)25(27)28)24-14-20(26)17-7-11-19(12-8-17)29-15(2)3/h5-12,15,20,26H,4,13-14H2,1-3H3,(H2,22,23,24). The molecule has 2 aromatic rings. The van der Waals surface area contributed by atoms with Crippen LogP contribution in [-0.4, -0.2) is 35.2 Å². The van der Waals surface area contributed by atoms with Crippen molar-refractivity contribution in [2.75, 3.05) is 13.1 Å². The number of nitro benzene ring substituents is 1. The summed E-state index contributed by atoms with van der Waals surface area (Å²) in [6.45, 7) is 7.20. The smallest absolute Gasteiger partial charge is 0.269 e. The number of guanidine groups is 1. The lowest BCUT2D eigenvalue weighted by Crippen LogP contribution is -2.39. The number of non-ortho nitro benzene ring substituents is 1. The Morgan fingerprint density at radius 3 is 2.34 bits per heavy atom. The second-order valence-electron chi connectivity index (χ2n) is 6.75. The highest BCUT2D eigenvalue weighted by Gasteiger charge is 2.09. The van der Waals surface area contributed by atoms with Gasteiger partial charge in [0.05, 0.1) is 23.7 Å². The predicted octanol–water partition coefficient (Wildman–Crippen LogP) is 3.17. The second kappa shape index (κ2) is 11.0. The van der Waals surface area contributed by atoms with Crippen LogP contribution in [0.25, 0.3) is 0 Å². The van der Waals surface area contributed by atoms with Crippen molar-refractivity contribution < 1.29 is 14.8 Å². The van der Waals surface area contributed by atoms with Gasteiger partial charge in [0.15, 0.2) is 5.96 Å². The summed E-state index contributed by atoms with van der Waals surface area (Å²) in [5, 5.41) is 27.4. The third-order valence-electron chi connectivity index (χ3n) is 4.01. The van der Waals surface area contributed by atoms with Gasteiger partial charge in [-0.1, -0.05) is 24.3 Å². The van der Waals surface area contributed by atoms with Gasteiger partial charge < -0.3 is 20.5 Å². The number of nitrogens with one attached hydrogen (secondary N) is 2. The van der Waals surface area contributed by atoms with Gasteiger partial charge in [-0.3, -0.25) is 10.1 Å². The number of nitrogens with zero attached hydrogens (tertiary/aromatic N) is 2. The molecule has 1 atom stereocenters. The molecular formula is C21H28N4O4. The Bertz CT molecular complexity index is 804. The van der Waals surface area contributed by atoms with Crippen molar-refractivity contribution in [2.24, 2.45) is 4.99 Å². The van der Waals surface area contributed by atoms with Gasteiger partial charge in [-0.25, -0.2) is 4.99 Å². The molecule has 0 aliphatic carbocycles. The van der Waals surface area contributed by atoms with Crippen LogP contribution in [0, 0.1) is 10.1 Å². The molecule has 8 heteroatoms. The average molecular weight is 400 g/mol. The number of hydrogen-bond donors (Lipinski definition) is 3. The van der Waals surface area contributed by atoms with Crippen LogP contribution in [0.4, 0.5) is 5.69 Å². The van der Waals surface area contributed by atoms with E-state index in [2.05, 4.69) is 15.6 Å². The number of nitro groups is 1. The number of aliphatic imine (C=N–C) groups is 1. The van der Waals surface area contributed by atoms with Gasteiger partial charge in [-0.05, 0) is 44.0 Å². The normalized spacial score (nSPS) is 12.5. The first-order valence-corrected chi connectivity index (χ1v) is 9.59. The summed E-state index contributed by atoms with van der Waals surface area (Å²) in [6.07, 6.45) is -0.603. The van der Waals surface area contributed by atoms with Gasteiger partial charge in [0.25, 0.3) is 5.69 Å². The molecule has 156 valence electrons. The van der Waals surface area contributed by atoms with Crippen LogP contribution >= 0.6 is 0 Å². The monoisotopic (exact) mass is 400 g/mol. The molecular weight excluding hydrogens is 372 g/mol. The van der Waals surface area contributed by atoms with E-state index in [1.54, 1.807) is 12.1 Å². The van der Waals surface area contributed by atoms with Gasteiger partial charge in [-0.2, -0.15) is 0 Å². The molecule has 0 aromatic heterocycles. The summed E-state index contributed by atoms with van der Waals surface area (Å²) in [7, 11) is 0. The van der Waals surface area contributed by atoms with E-state index in [1.807, 2.05) is 45.0 Å². The van der Waals surface area contributed by atoms with E-state index in [-0.39, 0.29) is 18.3 Å². The van der Waals surface area contributed by atoms with E-state index < -0.39 is 11.0 Å².